The molecule has 0 spiro atoms. The maximum absolute atomic E-state index is 12.2. The zero-order valence-corrected chi connectivity index (χ0v) is 10.8. The molecule has 0 radical (unpaired) electrons. The van der Waals surface area contributed by atoms with Crippen molar-refractivity contribution in [1.82, 2.24) is 10.2 Å². The van der Waals surface area contributed by atoms with Gasteiger partial charge in [-0.25, -0.2) is 0 Å². The Morgan fingerprint density at radius 1 is 1.11 bits per heavy atom. The molecule has 1 aliphatic heterocycles. The Bertz CT molecular complexity index is 482. The average molecular weight is 258 g/mol. The molecule has 2 aliphatic rings. The SMILES string of the molecule is O=C(N[C@H]1CCN(C(=O)c2ccccc2)C1)C1CC1. The molecule has 2 amide bonds. The van der Waals surface area contributed by atoms with Crippen molar-refractivity contribution in [3.05, 3.63) is 35.9 Å². The molecule has 1 aliphatic carbocycles. The molecule has 1 aromatic carbocycles. The van der Waals surface area contributed by atoms with Gasteiger partial charge in [0.2, 0.25) is 5.91 Å². The highest BCUT2D eigenvalue weighted by Crippen LogP contribution is 2.29. The molecule has 1 aromatic rings. The minimum absolute atomic E-state index is 0.0590. The quantitative estimate of drug-likeness (QED) is 0.891. The Labute approximate surface area is 112 Å². The molecule has 0 bridgehead atoms. The molecule has 3 rings (SSSR count). The van der Waals surface area contributed by atoms with Crippen LogP contribution >= 0.6 is 0 Å². The largest absolute Gasteiger partial charge is 0.351 e. The summed E-state index contributed by atoms with van der Waals surface area (Å²) in [6.45, 7) is 1.36. The van der Waals surface area contributed by atoms with Crippen LogP contribution in [0.3, 0.4) is 0 Å². The lowest BCUT2D eigenvalue weighted by Gasteiger charge is -2.17. The third-order valence-corrected chi connectivity index (χ3v) is 3.79. The number of likely N-dealkylation sites (tertiary alicyclic amines) is 1. The van der Waals surface area contributed by atoms with Crippen molar-refractivity contribution < 1.29 is 9.59 Å². The van der Waals surface area contributed by atoms with Crippen molar-refractivity contribution in [2.75, 3.05) is 13.1 Å². The standard InChI is InChI=1S/C15H18N2O2/c18-14(11-6-7-11)16-13-8-9-17(10-13)15(19)12-4-2-1-3-5-12/h1-5,11,13H,6-10H2,(H,16,18)/t13-/m0/s1. The van der Waals surface area contributed by atoms with Gasteiger partial charge in [-0.2, -0.15) is 0 Å². The first kappa shape index (κ1) is 12.2. The number of carbonyl (C=O) groups is 2. The summed E-state index contributed by atoms with van der Waals surface area (Å²) in [6.07, 6.45) is 2.90. The number of rotatable bonds is 3. The zero-order chi connectivity index (χ0) is 13.2. The lowest BCUT2D eigenvalue weighted by molar-refractivity contribution is -0.122. The molecule has 100 valence electrons. The summed E-state index contributed by atoms with van der Waals surface area (Å²) in [5.74, 6) is 0.460. The number of nitrogens with one attached hydrogen (secondary N) is 1. The van der Waals surface area contributed by atoms with Crippen LogP contribution < -0.4 is 5.32 Å². The second-order valence-corrected chi connectivity index (χ2v) is 5.39. The van der Waals surface area contributed by atoms with Crippen LogP contribution in [0, 0.1) is 5.92 Å². The summed E-state index contributed by atoms with van der Waals surface area (Å²) in [7, 11) is 0. The van der Waals surface area contributed by atoms with Crippen LogP contribution in [-0.2, 0) is 4.79 Å². The molecule has 2 fully saturated rings. The van der Waals surface area contributed by atoms with Gasteiger partial charge in [0, 0.05) is 30.6 Å². The van der Waals surface area contributed by atoms with Gasteiger partial charge < -0.3 is 10.2 Å². The van der Waals surface area contributed by atoms with Crippen LogP contribution in [0.5, 0.6) is 0 Å². The summed E-state index contributed by atoms with van der Waals surface area (Å²) < 4.78 is 0. The van der Waals surface area contributed by atoms with E-state index in [0.29, 0.717) is 6.54 Å². The lowest BCUT2D eigenvalue weighted by Crippen LogP contribution is -2.39. The molecule has 1 saturated heterocycles. The van der Waals surface area contributed by atoms with E-state index in [1.165, 1.54) is 0 Å². The molecule has 1 atom stereocenters. The van der Waals surface area contributed by atoms with Gasteiger partial charge in [0.15, 0.2) is 0 Å². The van der Waals surface area contributed by atoms with Crippen molar-refractivity contribution in [2.45, 2.75) is 25.3 Å². The highest BCUT2D eigenvalue weighted by molar-refractivity contribution is 5.94. The molecule has 4 nitrogen and oxygen atoms in total. The van der Waals surface area contributed by atoms with E-state index in [1.807, 2.05) is 35.2 Å². The maximum Gasteiger partial charge on any atom is 0.253 e. The number of amides is 2. The van der Waals surface area contributed by atoms with Crippen LogP contribution in [0.2, 0.25) is 0 Å². The summed E-state index contributed by atoms with van der Waals surface area (Å²) in [5, 5.41) is 3.04. The number of nitrogens with zero attached hydrogens (tertiary/aromatic N) is 1. The average Bonchev–Trinajstić information content (AvgIpc) is 3.20. The van der Waals surface area contributed by atoms with Gasteiger partial charge in [-0.05, 0) is 31.4 Å². The fourth-order valence-electron chi connectivity index (χ4n) is 2.49. The van der Waals surface area contributed by atoms with Gasteiger partial charge in [-0.1, -0.05) is 18.2 Å². The molecular weight excluding hydrogens is 240 g/mol. The molecule has 19 heavy (non-hydrogen) atoms. The van der Waals surface area contributed by atoms with Crippen molar-refractivity contribution in [1.29, 1.82) is 0 Å². The van der Waals surface area contributed by atoms with E-state index in [2.05, 4.69) is 5.32 Å². The fraction of sp³-hybridized carbons (Fsp3) is 0.467. The van der Waals surface area contributed by atoms with E-state index < -0.39 is 0 Å². The molecule has 1 saturated carbocycles. The first-order chi connectivity index (χ1) is 9.24. The smallest absolute Gasteiger partial charge is 0.253 e. The minimum Gasteiger partial charge on any atom is -0.351 e. The summed E-state index contributed by atoms with van der Waals surface area (Å²) in [6, 6.07) is 9.43. The first-order valence-electron chi connectivity index (χ1n) is 6.89. The van der Waals surface area contributed by atoms with Crippen LogP contribution in [0.1, 0.15) is 29.6 Å². The maximum atomic E-state index is 12.2. The molecule has 0 aromatic heterocycles. The van der Waals surface area contributed by atoms with E-state index in [4.69, 9.17) is 0 Å². The lowest BCUT2D eigenvalue weighted by atomic mass is 10.2. The Morgan fingerprint density at radius 2 is 1.84 bits per heavy atom. The fourth-order valence-corrected chi connectivity index (χ4v) is 2.49. The van der Waals surface area contributed by atoms with Crippen molar-refractivity contribution in [3.8, 4) is 0 Å². The van der Waals surface area contributed by atoms with Gasteiger partial charge in [-0.3, -0.25) is 9.59 Å². The third-order valence-electron chi connectivity index (χ3n) is 3.79. The Hall–Kier alpha value is -1.84. The zero-order valence-electron chi connectivity index (χ0n) is 10.8. The van der Waals surface area contributed by atoms with E-state index in [0.717, 1.165) is 31.4 Å². The number of benzene rings is 1. The van der Waals surface area contributed by atoms with E-state index in [1.54, 1.807) is 0 Å². The molecule has 0 unspecified atom stereocenters. The molecule has 1 N–H and O–H groups in total. The third kappa shape index (κ3) is 2.78. The van der Waals surface area contributed by atoms with Crippen LogP contribution in [0.4, 0.5) is 0 Å². The predicted molar refractivity (Wildman–Crippen MR) is 71.6 cm³/mol. The predicted octanol–water partition coefficient (Wildman–Crippen LogP) is 1.43. The van der Waals surface area contributed by atoms with Crippen molar-refractivity contribution in [3.63, 3.8) is 0 Å². The monoisotopic (exact) mass is 258 g/mol. The van der Waals surface area contributed by atoms with E-state index in [9.17, 15) is 9.59 Å². The Morgan fingerprint density at radius 3 is 2.53 bits per heavy atom. The van der Waals surface area contributed by atoms with Gasteiger partial charge in [0.25, 0.3) is 5.91 Å². The van der Waals surface area contributed by atoms with Crippen LogP contribution in [-0.4, -0.2) is 35.8 Å². The minimum atomic E-state index is 0.0590. The Balaban J connectivity index is 1.56. The van der Waals surface area contributed by atoms with Gasteiger partial charge in [0.05, 0.1) is 0 Å². The summed E-state index contributed by atoms with van der Waals surface area (Å²) in [5.41, 5.74) is 0.719. The summed E-state index contributed by atoms with van der Waals surface area (Å²) in [4.78, 5) is 25.8. The number of carbonyl (C=O) groups excluding carboxylic acids is 2. The second-order valence-electron chi connectivity index (χ2n) is 5.39. The Kier molecular flexibility index (Phi) is 3.23. The number of hydrogen-bond donors (Lipinski definition) is 1. The van der Waals surface area contributed by atoms with E-state index in [-0.39, 0.29) is 23.8 Å². The second kappa shape index (κ2) is 5.03. The summed E-state index contributed by atoms with van der Waals surface area (Å²) >= 11 is 0. The first-order valence-corrected chi connectivity index (χ1v) is 6.89. The highest BCUT2D eigenvalue weighted by atomic mass is 16.2. The topological polar surface area (TPSA) is 49.4 Å². The van der Waals surface area contributed by atoms with Gasteiger partial charge in [0.1, 0.15) is 0 Å². The number of hydrogen-bond acceptors (Lipinski definition) is 2. The van der Waals surface area contributed by atoms with Crippen molar-refractivity contribution >= 4 is 11.8 Å². The van der Waals surface area contributed by atoms with Crippen LogP contribution in [0.15, 0.2) is 30.3 Å². The highest BCUT2D eigenvalue weighted by Gasteiger charge is 2.33. The molecule has 1 heterocycles. The van der Waals surface area contributed by atoms with Gasteiger partial charge in [-0.15, -0.1) is 0 Å². The molecule has 4 heteroatoms. The molecular formula is C15H18N2O2. The van der Waals surface area contributed by atoms with Crippen LogP contribution in [0.25, 0.3) is 0 Å². The van der Waals surface area contributed by atoms with Gasteiger partial charge >= 0.3 is 0 Å². The normalized spacial score (nSPS) is 22.3. The van der Waals surface area contributed by atoms with E-state index >= 15 is 0 Å². The van der Waals surface area contributed by atoms with Crippen molar-refractivity contribution in [2.24, 2.45) is 5.92 Å².